The summed E-state index contributed by atoms with van der Waals surface area (Å²) in [5.74, 6) is 4.15. The van der Waals surface area contributed by atoms with Crippen molar-refractivity contribution in [2.24, 2.45) is 0 Å². The molecule has 0 radical (unpaired) electrons. The van der Waals surface area contributed by atoms with Gasteiger partial charge in [0.2, 0.25) is 0 Å². The molecular formula is C12H5FN2. The molecule has 0 atom stereocenters. The maximum absolute atomic E-state index is 13.4. The highest BCUT2D eigenvalue weighted by molar-refractivity contribution is 5.80. The summed E-state index contributed by atoms with van der Waals surface area (Å²) in [4.78, 5) is 4.01. The zero-order valence-corrected chi connectivity index (χ0v) is 7.66. The van der Waals surface area contributed by atoms with Gasteiger partial charge in [-0.3, -0.25) is 4.98 Å². The average molecular weight is 196 g/mol. The highest BCUT2D eigenvalue weighted by Gasteiger charge is 2.02. The molecule has 0 amide bonds. The maximum atomic E-state index is 13.4. The van der Waals surface area contributed by atoms with Crippen LogP contribution in [0.25, 0.3) is 10.9 Å². The van der Waals surface area contributed by atoms with Crippen LogP contribution in [0.1, 0.15) is 5.56 Å². The van der Waals surface area contributed by atoms with Crippen LogP contribution in [0.15, 0.2) is 30.5 Å². The fourth-order valence-corrected chi connectivity index (χ4v) is 1.29. The molecule has 3 heteroatoms. The van der Waals surface area contributed by atoms with E-state index in [9.17, 15) is 4.39 Å². The van der Waals surface area contributed by atoms with Crippen molar-refractivity contribution < 1.29 is 4.39 Å². The van der Waals surface area contributed by atoms with Crippen LogP contribution in [0.4, 0.5) is 4.39 Å². The predicted octanol–water partition coefficient (Wildman–Crippen LogP) is 2.25. The Bertz CT molecular complexity index is 615. The minimum absolute atomic E-state index is 0.219. The first-order valence-electron chi connectivity index (χ1n) is 4.25. The fraction of sp³-hybridized carbons (Fsp3) is 0. The molecule has 0 saturated carbocycles. The van der Waals surface area contributed by atoms with Crippen LogP contribution >= 0.6 is 0 Å². The third-order valence-corrected chi connectivity index (χ3v) is 1.94. The Morgan fingerprint density at radius 2 is 2.20 bits per heavy atom. The van der Waals surface area contributed by atoms with Crippen molar-refractivity contribution in [1.82, 2.24) is 4.98 Å². The molecule has 0 saturated heterocycles. The number of nitrogens with zero attached hydrogens (tertiary/aromatic N) is 2. The summed E-state index contributed by atoms with van der Waals surface area (Å²) in [7, 11) is 0. The van der Waals surface area contributed by atoms with E-state index in [-0.39, 0.29) is 5.56 Å². The molecule has 0 aliphatic heterocycles. The van der Waals surface area contributed by atoms with E-state index in [2.05, 4.69) is 16.8 Å². The van der Waals surface area contributed by atoms with Crippen molar-refractivity contribution in [3.8, 4) is 17.9 Å². The summed E-state index contributed by atoms with van der Waals surface area (Å²) >= 11 is 0. The van der Waals surface area contributed by atoms with Crippen LogP contribution in [-0.2, 0) is 0 Å². The Labute approximate surface area is 86.0 Å². The lowest BCUT2D eigenvalue weighted by Gasteiger charge is -1.98. The number of aromatic nitrogens is 1. The summed E-state index contributed by atoms with van der Waals surface area (Å²) in [6, 6.07) is 8.13. The zero-order valence-electron chi connectivity index (χ0n) is 7.66. The third-order valence-electron chi connectivity index (χ3n) is 1.94. The summed E-state index contributed by atoms with van der Waals surface area (Å²) in [6.45, 7) is 0. The molecule has 1 heterocycles. The molecule has 2 rings (SSSR count). The SMILES string of the molecule is N#CC#Cc1cc2cccnc2cc1F. The maximum Gasteiger partial charge on any atom is 0.152 e. The van der Waals surface area contributed by atoms with Crippen molar-refractivity contribution in [3.05, 3.63) is 41.8 Å². The predicted molar refractivity (Wildman–Crippen MR) is 54.2 cm³/mol. The van der Waals surface area contributed by atoms with Crippen LogP contribution in [0.3, 0.4) is 0 Å². The topological polar surface area (TPSA) is 36.7 Å². The molecule has 0 bridgehead atoms. The van der Waals surface area contributed by atoms with Gasteiger partial charge in [0.15, 0.2) is 6.07 Å². The zero-order chi connectivity index (χ0) is 10.7. The molecule has 2 aromatic rings. The van der Waals surface area contributed by atoms with Crippen LogP contribution < -0.4 is 0 Å². The van der Waals surface area contributed by atoms with Crippen molar-refractivity contribution in [3.63, 3.8) is 0 Å². The minimum Gasteiger partial charge on any atom is -0.256 e. The van der Waals surface area contributed by atoms with Gasteiger partial charge in [-0.1, -0.05) is 6.07 Å². The number of pyridine rings is 1. The average Bonchev–Trinajstić information content (AvgIpc) is 2.26. The number of hydrogen-bond acceptors (Lipinski definition) is 2. The quantitative estimate of drug-likeness (QED) is 0.606. The normalized spacial score (nSPS) is 9.07. The number of benzene rings is 1. The largest absolute Gasteiger partial charge is 0.256 e. The lowest BCUT2D eigenvalue weighted by atomic mass is 10.1. The van der Waals surface area contributed by atoms with E-state index < -0.39 is 5.82 Å². The lowest BCUT2D eigenvalue weighted by molar-refractivity contribution is 0.626. The summed E-state index contributed by atoms with van der Waals surface area (Å²) in [5.41, 5.74) is 0.801. The van der Waals surface area contributed by atoms with Gasteiger partial charge in [0, 0.05) is 23.6 Å². The van der Waals surface area contributed by atoms with Crippen molar-refractivity contribution in [2.75, 3.05) is 0 Å². The molecule has 15 heavy (non-hydrogen) atoms. The van der Waals surface area contributed by atoms with Gasteiger partial charge in [-0.15, -0.1) is 0 Å². The molecule has 0 aliphatic carbocycles. The molecule has 0 aliphatic rings. The number of fused-ring (bicyclic) bond motifs is 1. The van der Waals surface area contributed by atoms with Gasteiger partial charge in [0.05, 0.1) is 11.1 Å². The van der Waals surface area contributed by atoms with Crippen molar-refractivity contribution in [2.45, 2.75) is 0 Å². The smallest absolute Gasteiger partial charge is 0.152 e. The van der Waals surface area contributed by atoms with E-state index >= 15 is 0 Å². The third kappa shape index (κ3) is 1.77. The van der Waals surface area contributed by atoms with E-state index in [1.165, 1.54) is 6.07 Å². The van der Waals surface area contributed by atoms with Gasteiger partial charge in [-0.05, 0) is 18.1 Å². The molecule has 0 spiro atoms. The molecular weight excluding hydrogens is 191 g/mol. The van der Waals surface area contributed by atoms with E-state index in [1.807, 2.05) is 6.07 Å². The number of halogens is 1. The first kappa shape index (κ1) is 9.18. The van der Waals surface area contributed by atoms with Gasteiger partial charge in [-0.25, -0.2) is 4.39 Å². The molecule has 1 aromatic carbocycles. The summed E-state index contributed by atoms with van der Waals surface area (Å²) in [6.07, 6.45) is 1.60. The van der Waals surface area contributed by atoms with Gasteiger partial charge in [0.25, 0.3) is 0 Å². The molecule has 70 valence electrons. The first-order valence-corrected chi connectivity index (χ1v) is 4.25. The number of hydrogen-bond donors (Lipinski definition) is 0. The van der Waals surface area contributed by atoms with E-state index in [0.29, 0.717) is 5.52 Å². The molecule has 2 nitrogen and oxygen atoms in total. The van der Waals surface area contributed by atoms with Crippen molar-refractivity contribution in [1.29, 1.82) is 5.26 Å². The standard InChI is InChI=1S/C12H5FN2/c13-11-8-12-10(4-2-6-15-12)7-9(11)3-1-5-14/h2,4,6-8H. The van der Waals surface area contributed by atoms with E-state index in [0.717, 1.165) is 5.39 Å². The van der Waals surface area contributed by atoms with Gasteiger partial charge < -0.3 is 0 Å². The number of rotatable bonds is 0. The van der Waals surface area contributed by atoms with Crippen LogP contribution in [0, 0.1) is 29.0 Å². The van der Waals surface area contributed by atoms with Gasteiger partial charge in [-0.2, -0.15) is 5.26 Å². The Hall–Kier alpha value is -2.39. The first-order chi connectivity index (χ1) is 7.31. The van der Waals surface area contributed by atoms with Gasteiger partial charge in [0.1, 0.15) is 5.82 Å². The second-order valence-electron chi connectivity index (χ2n) is 2.89. The van der Waals surface area contributed by atoms with Gasteiger partial charge >= 0.3 is 0 Å². The highest BCUT2D eigenvalue weighted by Crippen LogP contribution is 2.16. The van der Waals surface area contributed by atoms with Crippen LogP contribution in [0.5, 0.6) is 0 Å². The van der Waals surface area contributed by atoms with E-state index in [1.54, 1.807) is 24.4 Å². The second-order valence-corrected chi connectivity index (χ2v) is 2.89. The second kappa shape index (κ2) is 3.77. The fourth-order valence-electron chi connectivity index (χ4n) is 1.29. The molecule has 0 N–H and O–H groups in total. The van der Waals surface area contributed by atoms with Crippen LogP contribution in [-0.4, -0.2) is 4.98 Å². The minimum atomic E-state index is -0.455. The highest BCUT2D eigenvalue weighted by atomic mass is 19.1. The molecule has 0 unspecified atom stereocenters. The summed E-state index contributed by atoms with van der Waals surface area (Å²) < 4.78 is 13.4. The number of nitriles is 1. The summed E-state index contributed by atoms with van der Waals surface area (Å²) in [5, 5.41) is 9.08. The van der Waals surface area contributed by atoms with Crippen LogP contribution in [0.2, 0.25) is 0 Å². The molecule has 0 fully saturated rings. The monoisotopic (exact) mass is 196 g/mol. The Morgan fingerprint density at radius 1 is 1.33 bits per heavy atom. The Kier molecular flexibility index (Phi) is 2.31. The van der Waals surface area contributed by atoms with Crippen molar-refractivity contribution >= 4 is 10.9 Å². The Morgan fingerprint density at radius 3 is 3.00 bits per heavy atom. The lowest BCUT2D eigenvalue weighted by Crippen LogP contribution is -1.86. The molecule has 1 aromatic heterocycles. The van der Waals surface area contributed by atoms with E-state index in [4.69, 9.17) is 5.26 Å². The Balaban J connectivity index is 2.68.